The third-order valence-corrected chi connectivity index (χ3v) is 5.40. The van der Waals surface area contributed by atoms with Crippen molar-refractivity contribution in [3.63, 3.8) is 0 Å². The number of benzene rings is 1. The average molecular weight is 303 g/mol. The Morgan fingerprint density at radius 1 is 0.955 bits per heavy atom. The van der Waals surface area contributed by atoms with Crippen LogP contribution in [0.2, 0.25) is 0 Å². The molecule has 0 radical (unpaired) electrons. The summed E-state index contributed by atoms with van der Waals surface area (Å²) >= 11 is 0. The number of hydrogen-bond acceptors (Lipinski definition) is 4. The summed E-state index contributed by atoms with van der Waals surface area (Å²) in [6.45, 7) is 10.0. The largest absolute Gasteiger partial charge is 0.494 e. The second-order valence-electron chi connectivity index (χ2n) is 8.22. The van der Waals surface area contributed by atoms with Crippen LogP contribution in [-0.2, 0) is 14.8 Å². The first kappa shape index (κ1) is 16.0. The van der Waals surface area contributed by atoms with Crippen LogP contribution in [0, 0.1) is 0 Å². The molecule has 1 aliphatic carbocycles. The molecule has 0 amide bonds. The first-order valence-electron chi connectivity index (χ1n) is 7.92. The SMILES string of the molecule is CC1(C)OB(c2ccc([C@]3(N)C[C@@](C)(O)C3)cc2)OC1(C)C. The van der Waals surface area contributed by atoms with Crippen molar-refractivity contribution in [3.8, 4) is 0 Å². The van der Waals surface area contributed by atoms with Crippen molar-refractivity contribution in [1.82, 2.24) is 0 Å². The molecular formula is C17H26BNO3. The van der Waals surface area contributed by atoms with Crippen LogP contribution in [0.25, 0.3) is 0 Å². The van der Waals surface area contributed by atoms with E-state index in [2.05, 4.69) is 0 Å². The summed E-state index contributed by atoms with van der Waals surface area (Å²) in [5.74, 6) is 0. The van der Waals surface area contributed by atoms with E-state index in [0.717, 1.165) is 11.0 Å². The molecule has 3 N–H and O–H groups in total. The Hall–Kier alpha value is -0.875. The van der Waals surface area contributed by atoms with E-state index >= 15 is 0 Å². The summed E-state index contributed by atoms with van der Waals surface area (Å²) < 4.78 is 12.1. The molecule has 0 bridgehead atoms. The standard InChI is InChI=1S/C17H26BNO3/c1-14(2)15(3,4)22-18(21-14)13-8-6-12(7-9-13)17(19)10-16(5,20)11-17/h6-9,20H,10-11,19H2,1-5H3/t16-,17+. The van der Waals surface area contributed by atoms with E-state index in [0.29, 0.717) is 12.8 Å². The van der Waals surface area contributed by atoms with Gasteiger partial charge in [-0.15, -0.1) is 0 Å². The third-order valence-electron chi connectivity index (χ3n) is 5.40. The minimum Gasteiger partial charge on any atom is -0.399 e. The van der Waals surface area contributed by atoms with Crippen molar-refractivity contribution in [3.05, 3.63) is 29.8 Å². The van der Waals surface area contributed by atoms with Gasteiger partial charge in [0.2, 0.25) is 0 Å². The Balaban J connectivity index is 1.76. The second-order valence-corrected chi connectivity index (χ2v) is 8.22. The molecule has 2 aliphatic rings. The normalized spacial score (nSPS) is 36.2. The monoisotopic (exact) mass is 303 g/mol. The van der Waals surface area contributed by atoms with Gasteiger partial charge in [0.25, 0.3) is 0 Å². The Labute approximate surface area is 133 Å². The molecule has 4 nitrogen and oxygen atoms in total. The fraction of sp³-hybridized carbons (Fsp3) is 0.647. The minimum atomic E-state index is -0.640. The molecule has 0 spiro atoms. The van der Waals surface area contributed by atoms with Gasteiger partial charge in [0.05, 0.1) is 16.8 Å². The summed E-state index contributed by atoms with van der Waals surface area (Å²) in [4.78, 5) is 0. The number of nitrogens with two attached hydrogens (primary N) is 1. The Bertz CT molecular complexity index is 556. The summed E-state index contributed by atoms with van der Waals surface area (Å²) in [6.07, 6.45) is 1.19. The van der Waals surface area contributed by atoms with E-state index in [4.69, 9.17) is 15.0 Å². The van der Waals surface area contributed by atoms with Gasteiger partial charge in [0, 0.05) is 5.54 Å². The molecule has 0 atom stereocenters. The van der Waals surface area contributed by atoms with Crippen LogP contribution >= 0.6 is 0 Å². The highest BCUT2D eigenvalue weighted by molar-refractivity contribution is 6.62. The highest BCUT2D eigenvalue weighted by Gasteiger charge is 2.52. The van der Waals surface area contributed by atoms with E-state index in [1.54, 1.807) is 0 Å². The van der Waals surface area contributed by atoms with E-state index in [-0.39, 0.29) is 18.3 Å². The molecule has 1 aromatic rings. The second kappa shape index (κ2) is 4.57. The molecule has 3 rings (SSSR count). The van der Waals surface area contributed by atoms with E-state index in [9.17, 15) is 5.11 Å². The smallest absolute Gasteiger partial charge is 0.399 e. The van der Waals surface area contributed by atoms with Gasteiger partial charge < -0.3 is 20.1 Å². The first-order valence-corrected chi connectivity index (χ1v) is 7.92. The molecule has 5 heteroatoms. The van der Waals surface area contributed by atoms with Crippen molar-refractivity contribution in [2.45, 2.75) is 69.8 Å². The summed E-state index contributed by atoms with van der Waals surface area (Å²) in [5, 5.41) is 9.93. The molecule has 1 saturated heterocycles. The summed E-state index contributed by atoms with van der Waals surface area (Å²) in [7, 11) is -0.350. The lowest BCUT2D eigenvalue weighted by Crippen LogP contribution is -2.58. The lowest BCUT2D eigenvalue weighted by molar-refractivity contribution is -0.0738. The average Bonchev–Trinajstić information content (AvgIpc) is 2.56. The van der Waals surface area contributed by atoms with Gasteiger partial charge in [-0.25, -0.2) is 0 Å². The molecule has 0 aromatic heterocycles. The van der Waals surface area contributed by atoms with E-state index in [1.165, 1.54) is 0 Å². The van der Waals surface area contributed by atoms with Gasteiger partial charge >= 0.3 is 7.12 Å². The maximum Gasteiger partial charge on any atom is 0.494 e. The van der Waals surface area contributed by atoms with E-state index < -0.39 is 11.1 Å². The molecule has 1 aromatic carbocycles. The predicted octanol–water partition coefficient (Wildman–Crippen LogP) is 1.68. The summed E-state index contributed by atoms with van der Waals surface area (Å²) in [6, 6.07) is 8.07. The first-order chi connectivity index (χ1) is 9.94. The summed E-state index contributed by atoms with van der Waals surface area (Å²) in [5.41, 5.74) is 6.69. The Morgan fingerprint density at radius 3 is 1.82 bits per heavy atom. The molecule has 22 heavy (non-hydrogen) atoms. The molecule has 1 saturated carbocycles. The molecule has 1 aliphatic heterocycles. The zero-order valence-corrected chi connectivity index (χ0v) is 14.1. The van der Waals surface area contributed by atoms with Crippen molar-refractivity contribution < 1.29 is 14.4 Å². The number of rotatable bonds is 2. The molecular weight excluding hydrogens is 277 g/mol. The van der Waals surface area contributed by atoms with Crippen molar-refractivity contribution >= 4 is 12.6 Å². The van der Waals surface area contributed by atoms with Gasteiger partial charge in [0.15, 0.2) is 0 Å². The van der Waals surface area contributed by atoms with Crippen LogP contribution in [-0.4, -0.2) is 29.0 Å². The fourth-order valence-electron chi connectivity index (χ4n) is 3.46. The van der Waals surface area contributed by atoms with Crippen LogP contribution in [0.15, 0.2) is 24.3 Å². The van der Waals surface area contributed by atoms with Crippen molar-refractivity contribution in [1.29, 1.82) is 0 Å². The molecule has 1 heterocycles. The third kappa shape index (κ3) is 2.50. The lowest BCUT2D eigenvalue weighted by atomic mass is 9.63. The van der Waals surface area contributed by atoms with Gasteiger partial charge in [0.1, 0.15) is 0 Å². The zero-order chi connectivity index (χ0) is 16.4. The van der Waals surface area contributed by atoms with Crippen LogP contribution < -0.4 is 11.2 Å². The Kier molecular flexibility index (Phi) is 3.32. The predicted molar refractivity (Wildman–Crippen MR) is 87.9 cm³/mol. The van der Waals surface area contributed by atoms with Crippen molar-refractivity contribution in [2.24, 2.45) is 5.73 Å². The van der Waals surface area contributed by atoms with Gasteiger partial charge in [-0.05, 0) is 58.5 Å². The zero-order valence-electron chi connectivity index (χ0n) is 14.1. The molecule has 0 unspecified atom stereocenters. The van der Waals surface area contributed by atoms with Gasteiger partial charge in [-0.2, -0.15) is 0 Å². The fourth-order valence-corrected chi connectivity index (χ4v) is 3.46. The lowest BCUT2D eigenvalue weighted by Gasteiger charge is -2.49. The maximum absolute atomic E-state index is 9.93. The minimum absolute atomic E-state index is 0.335. The quantitative estimate of drug-likeness (QED) is 0.816. The Morgan fingerprint density at radius 2 is 1.41 bits per heavy atom. The highest BCUT2D eigenvalue weighted by atomic mass is 16.7. The van der Waals surface area contributed by atoms with Gasteiger partial charge in [-0.1, -0.05) is 24.3 Å². The van der Waals surface area contributed by atoms with Crippen LogP contribution in [0.5, 0.6) is 0 Å². The van der Waals surface area contributed by atoms with Crippen molar-refractivity contribution in [2.75, 3.05) is 0 Å². The topological polar surface area (TPSA) is 64.7 Å². The number of aliphatic hydroxyl groups is 1. The van der Waals surface area contributed by atoms with Crippen LogP contribution in [0.3, 0.4) is 0 Å². The highest BCUT2D eigenvalue weighted by Crippen LogP contribution is 2.46. The van der Waals surface area contributed by atoms with Gasteiger partial charge in [-0.3, -0.25) is 0 Å². The van der Waals surface area contributed by atoms with Crippen LogP contribution in [0.1, 0.15) is 53.0 Å². The molecule has 120 valence electrons. The van der Waals surface area contributed by atoms with E-state index in [1.807, 2.05) is 58.9 Å². The molecule has 2 fully saturated rings. The number of hydrogen-bond donors (Lipinski definition) is 2. The van der Waals surface area contributed by atoms with Crippen LogP contribution in [0.4, 0.5) is 0 Å². The maximum atomic E-state index is 9.93.